The minimum Gasteiger partial charge on any atom is -0.458 e. The van der Waals surface area contributed by atoms with Crippen molar-refractivity contribution in [2.24, 2.45) is 0 Å². The molecule has 18 heavy (non-hydrogen) atoms. The minimum absolute atomic E-state index is 0.608. The lowest BCUT2D eigenvalue weighted by molar-refractivity contribution is 0.525. The van der Waals surface area contributed by atoms with Crippen LogP contribution in [0, 0.1) is 0 Å². The summed E-state index contributed by atoms with van der Waals surface area (Å²) in [7, 11) is 0. The van der Waals surface area contributed by atoms with Gasteiger partial charge in [0.25, 0.3) is 0 Å². The van der Waals surface area contributed by atoms with E-state index in [1.54, 1.807) is 6.20 Å². The second-order valence-corrected chi connectivity index (χ2v) is 4.79. The fourth-order valence-electron chi connectivity index (χ4n) is 1.54. The van der Waals surface area contributed by atoms with E-state index in [0.717, 1.165) is 35.4 Å². The Hall–Kier alpha value is -1.36. The van der Waals surface area contributed by atoms with Gasteiger partial charge in [0.15, 0.2) is 11.6 Å². The summed E-state index contributed by atoms with van der Waals surface area (Å²) in [5.41, 5.74) is 0. The van der Waals surface area contributed by atoms with Crippen LogP contribution in [0.5, 0.6) is 0 Å². The Bertz CT molecular complexity index is 525. The highest BCUT2D eigenvalue weighted by molar-refractivity contribution is 9.10. The summed E-state index contributed by atoms with van der Waals surface area (Å²) in [6, 6.07) is 3.87. The van der Waals surface area contributed by atoms with E-state index in [1.165, 1.54) is 0 Å². The lowest BCUT2D eigenvalue weighted by atomic mass is 10.3. The predicted molar refractivity (Wildman–Crippen MR) is 75.6 cm³/mol. The molecule has 0 radical (unpaired) electrons. The monoisotopic (exact) mass is 309 g/mol. The van der Waals surface area contributed by atoms with Gasteiger partial charge in [-0.15, -0.1) is 0 Å². The van der Waals surface area contributed by atoms with Crippen molar-refractivity contribution in [2.75, 3.05) is 11.9 Å². The first-order valence-corrected chi connectivity index (χ1v) is 6.89. The molecule has 0 saturated heterocycles. The molecule has 0 unspecified atom stereocenters. The van der Waals surface area contributed by atoms with Crippen LogP contribution in [0.4, 0.5) is 5.82 Å². The maximum Gasteiger partial charge on any atom is 0.197 e. The predicted octanol–water partition coefficient (Wildman–Crippen LogP) is 3.88. The quantitative estimate of drug-likeness (QED) is 0.910. The van der Waals surface area contributed by atoms with Gasteiger partial charge in [0, 0.05) is 19.2 Å². The van der Waals surface area contributed by atoms with Crippen molar-refractivity contribution < 1.29 is 4.42 Å². The van der Waals surface area contributed by atoms with Crippen molar-refractivity contribution in [3.8, 4) is 11.6 Å². The molecule has 0 aliphatic carbocycles. The molecule has 0 saturated carbocycles. The van der Waals surface area contributed by atoms with E-state index < -0.39 is 0 Å². The molecule has 0 bridgehead atoms. The number of furan rings is 1. The molecule has 2 rings (SSSR count). The smallest absolute Gasteiger partial charge is 0.197 e. The zero-order valence-electron chi connectivity index (χ0n) is 10.5. The van der Waals surface area contributed by atoms with Crippen molar-refractivity contribution in [1.82, 2.24) is 9.97 Å². The fourth-order valence-corrected chi connectivity index (χ4v) is 1.87. The number of nitrogens with one attached hydrogen (secondary N) is 1. The Labute approximate surface area is 115 Å². The van der Waals surface area contributed by atoms with Crippen LogP contribution in [0.25, 0.3) is 11.6 Å². The molecule has 2 heterocycles. The van der Waals surface area contributed by atoms with Crippen molar-refractivity contribution >= 4 is 21.7 Å². The summed E-state index contributed by atoms with van der Waals surface area (Å²) >= 11 is 3.43. The number of anilines is 1. The molecule has 5 heteroatoms. The maximum atomic E-state index is 5.65. The Balaban J connectivity index is 2.28. The van der Waals surface area contributed by atoms with Gasteiger partial charge in [-0.3, -0.25) is 0 Å². The highest BCUT2D eigenvalue weighted by Crippen LogP contribution is 2.24. The topological polar surface area (TPSA) is 51.0 Å². The molecule has 0 atom stereocenters. The average Bonchev–Trinajstić information content (AvgIpc) is 2.86. The summed E-state index contributed by atoms with van der Waals surface area (Å²) in [6.45, 7) is 5.05. The second-order valence-electron chi connectivity index (χ2n) is 3.94. The van der Waals surface area contributed by atoms with Crippen LogP contribution >= 0.6 is 15.9 Å². The summed E-state index contributed by atoms with van der Waals surface area (Å²) in [5.74, 6) is 3.06. The van der Waals surface area contributed by atoms with E-state index >= 15 is 0 Å². The lowest BCUT2D eigenvalue weighted by Crippen LogP contribution is -2.04. The van der Waals surface area contributed by atoms with Crippen LogP contribution < -0.4 is 5.32 Å². The molecule has 2 aromatic heterocycles. The molecule has 0 amide bonds. The van der Waals surface area contributed by atoms with Crippen LogP contribution in [-0.2, 0) is 6.42 Å². The van der Waals surface area contributed by atoms with Crippen molar-refractivity contribution in [2.45, 2.75) is 26.7 Å². The second kappa shape index (κ2) is 6.00. The van der Waals surface area contributed by atoms with Crippen LogP contribution in [-0.4, -0.2) is 16.5 Å². The Kier molecular flexibility index (Phi) is 4.36. The Morgan fingerprint density at radius 3 is 2.83 bits per heavy atom. The third kappa shape index (κ3) is 2.90. The molecule has 0 spiro atoms. The standard InChI is InChI=1S/C13H16BrN3O/c1-3-7-15-12-10(14)8-16-13(17-12)11-6-5-9(4-2)18-11/h5-6,8H,3-4,7H2,1-2H3,(H,15,16,17). The van der Waals surface area contributed by atoms with Gasteiger partial charge >= 0.3 is 0 Å². The van der Waals surface area contributed by atoms with Gasteiger partial charge in [-0.1, -0.05) is 13.8 Å². The van der Waals surface area contributed by atoms with Crippen molar-refractivity contribution in [1.29, 1.82) is 0 Å². The minimum atomic E-state index is 0.608. The SMILES string of the molecule is CCCNc1nc(-c2ccc(CC)o2)ncc1Br. The molecule has 0 fully saturated rings. The number of aromatic nitrogens is 2. The van der Waals surface area contributed by atoms with E-state index in [9.17, 15) is 0 Å². The summed E-state index contributed by atoms with van der Waals surface area (Å²) < 4.78 is 6.51. The van der Waals surface area contributed by atoms with Gasteiger partial charge in [-0.05, 0) is 34.5 Å². The highest BCUT2D eigenvalue weighted by atomic mass is 79.9. The average molecular weight is 310 g/mol. The third-order valence-corrected chi connectivity index (χ3v) is 3.10. The number of halogens is 1. The van der Waals surface area contributed by atoms with Crippen molar-refractivity contribution in [3.05, 3.63) is 28.6 Å². The normalized spacial score (nSPS) is 10.6. The Morgan fingerprint density at radius 2 is 2.17 bits per heavy atom. The first-order valence-electron chi connectivity index (χ1n) is 6.10. The molecule has 96 valence electrons. The highest BCUT2D eigenvalue weighted by Gasteiger charge is 2.10. The summed E-state index contributed by atoms with van der Waals surface area (Å²) in [4.78, 5) is 8.74. The zero-order chi connectivity index (χ0) is 13.0. The first-order chi connectivity index (χ1) is 8.74. The molecular weight excluding hydrogens is 294 g/mol. The lowest BCUT2D eigenvalue weighted by Gasteiger charge is -2.06. The van der Waals surface area contributed by atoms with Crippen molar-refractivity contribution in [3.63, 3.8) is 0 Å². The molecule has 1 N–H and O–H groups in total. The fraction of sp³-hybridized carbons (Fsp3) is 0.385. The third-order valence-electron chi connectivity index (χ3n) is 2.52. The van der Waals surface area contributed by atoms with Crippen LogP contribution in [0.15, 0.2) is 27.2 Å². The molecule has 0 aromatic carbocycles. The van der Waals surface area contributed by atoms with Crippen LogP contribution in [0.3, 0.4) is 0 Å². The van der Waals surface area contributed by atoms with Gasteiger partial charge in [0.05, 0.1) is 4.47 Å². The van der Waals surface area contributed by atoms with E-state index in [1.807, 2.05) is 12.1 Å². The van der Waals surface area contributed by atoms with Gasteiger partial charge in [0.1, 0.15) is 11.6 Å². The number of rotatable bonds is 5. The number of hydrogen-bond donors (Lipinski definition) is 1. The first kappa shape index (κ1) is 13.1. The summed E-state index contributed by atoms with van der Waals surface area (Å²) in [5, 5.41) is 3.25. The van der Waals surface area contributed by atoms with Gasteiger partial charge in [-0.2, -0.15) is 0 Å². The summed E-state index contributed by atoms with van der Waals surface area (Å²) in [6.07, 6.45) is 3.67. The van der Waals surface area contributed by atoms with E-state index in [2.05, 4.69) is 45.1 Å². The Morgan fingerprint density at radius 1 is 1.33 bits per heavy atom. The van der Waals surface area contributed by atoms with Gasteiger partial charge in [-0.25, -0.2) is 9.97 Å². The van der Waals surface area contributed by atoms with E-state index in [-0.39, 0.29) is 0 Å². The van der Waals surface area contributed by atoms with E-state index in [0.29, 0.717) is 11.6 Å². The number of hydrogen-bond acceptors (Lipinski definition) is 4. The molecule has 2 aromatic rings. The largest absolute Gasteiger partial charge is 0.458 e. The van der Waals surface area contributed by atoms with Crippen LogP contribution in [0.2, 0.25) is 0 Å². The molecule has 4 nitrogen and oxygen atoms in total. The van der Waals surface area contributed by atoms with E-state index in [4.69, 9.17) is 4.42 Å². The maximum absolute atomic E-state index is 5.65. The zero-order valence-corrected chi connectivity index (χ0v) is 12.1. The molecular formula is C13H16BrN3O. The molecule has 0 aliphatic rings. The number of nitrogens with zero attached hydrogens (tertiary/aromatic N) is 2. The van der Waals surface area contributed by atoms with Crippen LogP contribution in [0.1, 0.15) is 26.0 Å². The van der Waals surface area contributed by atoms with Gasteiger partial charge in [0.2, 0.25) is 0 Å². The number of aryl methyl sites for hydroxylation is 1. The molecule has 0 aliphatic heterocycles. The van der Waals surface area contributed by atoms with Gasteiger partial charge < -0.3 is 9.73 Å².